The predicted molar refractivity (Wildman–Crippen MR) is 74.1 cm³/mol. The maximum atomic E-state index is 11.3. The van der Waals surface area contributed by atoms with Crippen molar-refractivity contribution in [1.82, 2.24) is 10.2 Å². The van der Waals surface area contributed by atoms with E-state index in [1.807, 2.05) is 0 Å². The van der Waals surface area contributed by atoms with Gasteiger partial charge in [0.25, 0.3) is 0 Å². The normalized spacial score (nSPS) is 28.3. The molecule has 1 N–H and O–H groups in total. The number of hydrogen-bond acceptors (Lipinski definition) is 4. The molecule has 0 aliphatic carbocycles. The fourth-order valence-electron chi connectivity index (χ4n) is 3.07. The van der Waals surface area contributed by atoms with Crippen LogP contribution in [-0.2, 0) is 6.54 Å². The van der Waals surface area contributed by atoms with Crippen LogP contribution in [0.5, 0.6) is 0 Å². The van der Waals surface area contributed by atoms with Gasteiger partial charge in [0, 0.05) is 25.7 Å². The molecule has 0 amide bonds. The Morgan fingerprint density at radius 1 is 1.50 bits per heavy atom. The molecule has 3 fully saturated rings. The summed E-state index contributed by atoms with van der Waals surface area (Å²) in [5.74, 6) is 0.999. The second-order valence-electron chi connectivity index (χ2n) is 5.62. The smallest absolute Gasteiger partial charge is 0.169 e. The summed E-state index contributed by atoms with van der Waals surface area (Å²) in [6.45, 7) is 6.18. The van der Waals surface area contributed by atoms with Crippen LogP contribution in [0.25, 0.3) is 0 Å². The van der Waals surface area contributed by atoms with Gasteiger partial charge in [-0.25, -0.2) is 0 Å². The molecular weight excluding hydrogens is 244 g/mol. The number of rotatable bonds is 3. The fraction of sp³-hybridized carbons (Fsp3) is 0.643. The summed E-state index contributed by atoms with van der Waals surface area (Å²) in [6.07, 6.45) is 2.69. The molecule has 3 aliphatic rings. The number of ketones is 1. The standard InChI is InChI=1S/C14H20N2OS/c1-10(17)14-4-12(9-18-14)7-16-6-11-2-3-13(8-16)15-5-11/h4,9,11,13,15H,2-3,5-8H2,1H3. The number of hydrogen-bond donors (Lipinski definition) is 1. The molecule has 2 bridgehead atoms. The monoisotopic (exact) mass is 264 g/mol. The van der Waals surface area contributed by atoms with E-state index in [2.05, 4.69) is 21.7 Å². The highest BCUT2D eigenvalue weighted by Crippen LogP contribution is 2.24. The van der Waals surface area contributed by atoms with Crippen LogP contribution in [0.15, 0.2) is 11.4 Å². The molecule has 4 rings (SSSR count). The van der Waals surface area contributed by atoms with Gasteiger partial charge >= 0.3 is 0 Å². The lowest BCUT2D eigenvalue weighted by atomic mass is 9.97. The highest BCUT2D eigenvalue weighted by Gasteiger charge is 2.28. The molecule has 0 saturated carbocycles. The lowest BCUT2D eigenvalue weighted by molar-refractivity contribution is 0.102. The summed E-state index contributed by atoms with van der Waals surface area (Å²) in [7, 11) is 0. The molecule has 2 atom stereocenters. The lowest BCUT2D eigenvalue weighted by Crippen LogP contribution is -2.39. The summed E-state index contributed by atoms with van der Waals surface area (Å²) in [5.41, 5.74) is 1.30. The van der Waals surface area contributed by atoms with Gasteiger partial charge in [-0.1, -0.05) is 0 Å². The second-order valence-corrected chi connectivity index (χ2v) is 6.53. The van der Waals surface area contributed by atoms with E-state index in [4.69, 9.17) is 0 Å². The third-order valence-corrected chi connectivity index (χ3v) is 5.10. The second kappa shape index (κ2) is 5.11. The molecule has 4 heterocycles. The third-order valence-electron chi connectivity index (χ3n) is 4.02. The van der Waals surface area contributed by atoms with Crippen LogP contribution in [0, 0.1) is 5.92 Å². The summed E-state index contributed by atoms with van der Waals surface area (Å²) < 4.78 is 0. The minimum Gasteiger partial charge on any atom is -0.312 e. The van der Waals surface area contributed by atoms with Crippen molar-refractivity contribution >= 4 is 17.1 Å². The Hall–Kier alpha value is -0.710. The predicted octanol–water partition coefficient (Wildman–Crippen LogP) is 2.13. The van der Waals surface area contributed by atoms with Gasteiger partial charge < -0.3 is 5.32 Å². The maximum Gasteiger partial charge on any atom is 0.169 e. The van der Waals surface area contributed by atoms with E-state index < -0.39 is 0 Å². The van der Waals surface area contributed by atoms with Crippen molar-refractivity contribution in [3.63, 3.8) is 0 Å². The Balaban J connectivity index is 1.66. The Morgan fingerprint density at radius 2 is 2.39 bits per heavy atom. The molecule has 98 valence electrons. The van der Waals surface area contributed by atoms with E-state index in [0.29, 0.717) is 6.04 Å². The topological polar surface area (TPSA) is 32.3 Å². The average molecular weight is 264 g/mol. The Bertz CT molecular complexity index is 421. The summed E-state index contributed by atoms with van der Waals surface area (Å²) in [6, 6.07) is 2.74. The lowest BCUT2D eigenvalue weighted by Gasteiger charge is -2.23. The molecule has 3 nitrogen and oxygen atoms in total. The molecule has 18 heavy (non-hydrogen) atoms. The molecule has 4 heteroatoms. The SMILES string of the molecule is CC(=O)c1cc(CN2CC3CCC(C2)NC3)cs1. The minimum absolute atomic E-state index is 0.184. The van der Waals surface area contributed by atoms with Crippen molar-refractivity contribution in [3.05, 3.63) is 21.9 Å². The first-order valence-electron chi connectivity index (χ1n) is 6.75. The van der Waals surface area contributed by atoms with Crippen LogP contribution in [-0.4, -0.2) is 36.4 Å². The third kappa shape index (κ3) is 2.66. The number of fused-ring (bicyclic) bond motifs is 4. The van der Waals surface area contributed by atoms with Crippen LogP contribution in [0.4, 0.5) is 0 Å². The number of nitrogens with zero attached hydrogens (tertiary/aromatic N) is 1. The van der Waals surface area contributed by atoms with Crippen molar-refractivity contribution in [1.29, 1.82) is 0 Å². The minimum atomic E-state index is 0.184. The van der Waals surface area contributed by atoms with Crippen LogP contribution < -0.4 is 5.32 Å². The fourth-order valence-corrected chi connectivity index (χ4v) is 3.87. The molecule has 0 radical (unpaired) electrons. The van der Waals surface area contributed by atoms with Crippen LogP contribution >= 0.6 is 11.3 Å². The number of piperidine rings is 1. The summed E-state index contributed by atoms with van der Waals surface area (Å²) >= 11 is 1.58. The molecule has 0 spiro atoms. The zero-order chi connectivity index (χ0) is 12.5. The van der Waals surface area contributed by atoms with Gasteiger partial charge in [-0.2, -0.15) is 0 Å². The van der Waals surface area contributed by atoms with Crippen molar-refractivity contribution in [2.45, 2.75) is 32.4 Å². The van der Waals surface area contributed by atoms with Gasteiger partial charge in [0.2, 0.25) is 0 Å². The molecule has 0 aromatic carbocycles. The zero-order valence-corrected chi connectivity index (χ0v) is 11.6. The van der Waals surface area contributed by atoms with E-state index in [1.54, 1.807) is 18.3 Å². The van der Waals surface area contributed by atoms with Crippen LogP contribution in [0.2, 0.25) is 0 Å². The first-order valence-corrected chi connectivity index (χ1v) is 7.63. The first-order chi connectivity index (χ1) is 8.70. The number of carbonyl (C=O) groups excluding carboxylic acids is 1. The van der Waals surface area contributed by atoms with E-state index in [9.17, 15) is 4.79 Å². The van der Waals surface area contributed by atoms with Crippen molar-refractivity contribution in [3.8, 4) is 0 Å². The number of thiophene rings is 1. The molecule has 3 aliphatic heterocycles. The van der Waals surface area contributed by atoms with E-state index in [-0.39, 0.29) is 5.78 Å². The number of nitrogens with one attached hydrogen (secondary N) is 1. The molecular formula is C14H20N2OS. The Morgan fingerprint density at radius 3 is 3.06 bits per heavy atom. The average Bonchev–Trinajstić information content (AvgIpc) is 2.63. The zero-order valence-electron chi connectivity index (χ0n) is 10.8. The number of carbonyl (C=O) groups is 1. The van der Waals surface area contributed by atoms with Crippen molar-refractivity contribution in [2.75, 3.05) is 19.6 Å². The van der Waals surface area contributed by atoms with E-state index in [1.165, 1.54) is 31.5 Å². The molecule has 1 aromatic heterocycles. The van der Waals surface area contributed by atoms with Crippen LogP contribution in [0.3, 0.4) is 0 Å². The molecule has 1 aromatic rings. The van der Waals surface area contributed by atoms with Crippen molar-refractivity contribution < 1.29 is 4.79 Å². The van der Waals surface area contributed by atoms with Gasteiger partial charge in [0.05, 0.1) is 4.88 Å². The van der Waals surface area contributed by atoms with Gasteiger partial charge in [-0.05, 0) is 49.2 Å². The van der Waals surface area contributed by atoms with Gasteiger partial charge in [0.15, 0.2) is 5.78 Å². The van der Waals surface area contributed by atoms with E-state index in [0.717, 1.165) is 23.9 Å². The van der Waals surface area contributed by atoms with E-state index >= 15 is 0 Å². The van der Waals surface area contributed by atoms with Crippen molar-refractivity contribution in [2.24, 2.45) is 5.92 Å². The number of Topliss-reactive ketones (excluding diaryl/α,β-unsaturated/α-hetero) is 1. The molecule has 3 saturated heterocycles. The van der Waals surface area contributed by atoms with Crippen LogP contribution in [0.1, 0.15) is 35.0 Å². The maximum absolute atomic E-state index is 11.3. The Kier molecular flexibility index (Phi) is 3.50. The summed E-state index contributed by atoms with van der Waals surface area (Å²) in [4.78, 5) is 14.7. The summed E-state index contributed by atoms with van der Waals surface area (Å²) in [5, 5.41) is 5.76. The highest BCUT2D eigenvalue weighted by molar-refractivity contribution is 7.12. The quantitative estimate of drug-likeness (QED) is 0.849. The largest absolute Gasteiger partial charge is 0.312 e. The first kappa shape index (κ1) is 12.3. The Labute approximate surface area is 112 Å². The van der Waals surface area contributed by atoms with Gasteiger partial charge in [0.1, 0.15) is 0 Å². The van der Waals surface area contributed by atoms with Gasteiger partial charge in [-0.15, -0.1) is 11.3 Å². The highest BCUT2D eigenvalue weighted by atomic mass is 32.1. The van der Waals surface area contributed by atoms with Gasteiger partial charge in [-0.3, -0.25) is 9.69 Å². The molecule has 2 unspecified atom stereocenters.